The van der Waals surface area contributed by atoms with E-state index in [1.165, 1.54) is 18.9 Å². The van der Waals surface area contributed by atoms with E-state index >= 15 is 0 Å². The predicted octanol–water partition coefficient (Wildman–Crippen LogP) is 3.60. The molecule has 0 saturated heterocycles. The van der Waals surface area contributed by atoms with E-state index in [0.717, 1.165) is 18.0 Å². The number of nitrogens with two attached hydrogens (primary N) is 1. The first-order valence-electron chi connectivity index (χ1n) is 6.93. The Morgan fingerprint density at radius 3 is 2.53 bits per heavy atom. The summed E-state index contributed by atoms with van der Waals surface area (Å²) in [4.78, 5) is 2.36. The highest BCUT2D eigenvalue weighted by Crippen LogP contribution is 2.34. The Morgan fingerprint density at radius 2 is 2.05 bits per heavy atom. The highest BCUT2D eigenvalue weighted by atomic mass is 35.5. The fraction of sp³-hybridized carbons (Fsp3) is 0.600. The third kappa shape index (κ3) is 3.91. The summed E-state index contributed by atoms with van der Waals surface area (Å²) in [5, 5.41) is 0.434. The van der Waals surface area contributed by atoms with Crippen LogP contribution in [0.1, 0.15) is 38.3 Å². The van der Waals surface area contributed by atoms with Crippen LogP contribution in [0.5, 0.6) is 0 Å². The number of benzene rings is 1. The number of nitrogens with zero attached hydrogens (tertiary/aromatic N) is 1. The average molecular weight is 285 g/mol. The van der Waals surface area contributed by atoms with Crippen LogP contribution in [0.3, 0.4) is 0 Å². The van der Waals surface area contributed by atoms with E-state index in [1.807, 2.05) is 6.07 Å². The maximum absolute atomic E-state index is 13.5. The summed E-state index contributed by atoms with van der Waals surface area (Å²) in [5.74, 6) is 0.483. The van der Waals surface area contributed by atoms with Crippen LogP contribution in [0.25, 0.3) is 0 Å². The van der Waals surface area contributed by atoms with Gasteiger partial charge >= 0.3 is 0 Å². The molecule has 0 aliphatic heterocycles. The fourth-order valence-corrected chi connectivity index (χ4v) is 2.76. The molecule has 1 fully saturated rings. The molecule has 0 aromatic heterocycles. The molecule has 1 aliphatic rings. The minimum Gasteiger partial charge on any atom is -0.329 e. The van der Waals surface area contributed by atoms with Crippen molar-refractivity contribution in [2.75, 3.05) is 13.1 Å². The van der Waals surface area contributed by atoms with Gasteiger partial charge in [-0.2, -0.15) is 0 Å². The van der Waals surface area contributed by atoms with Crippen molar-refractivity contribution < 1.29 is 4.39 Å². The highest BCUT2D eigenvalue weighted by Gasteiger charge is 2.30. The Hall–Kier alpha value is -0.640. The zero-order valence-electron chi connectivity index (χ0n) is 11.6. The Labute approximate surface area is 119 Å². The molecule has 1 saturated carbocycles. The molecule has 1 aliphatic carbocycles. The van der Waals surface area contributed by atoms with Crippen LogP contribution in [-0.4, -0.2) is 24.0 Å². The van der Waals surface area contributed by atoms with Crippen LogP contribution in [-0.2, 0) is 0 Å². The molecule has 106 valence electrons. The number of hydrogen-bond donors (Lipinski definition) is 1. The van der Waals surface area contributed by atoms with Crippen molar-refractivity contribution >= 4 is 11.6 Å². The second-order valence-corrected chi connectivity index (χ2v) is 6.12. The fourth-order valence-electron chi connectivity index (χ4n) is 2.53. The minimum atomic E-state index is -0.295. The van der Waals surface area contributed by atoms with Crippen molar-refractivity contribution in [3.8, 4) is 0 Å². The summed E-state index contributed by atoms with van der Waals surface area (Å²) in [5.41, 5.74) is 6.81. The predicted molar refractivity (Wildman–Crippen MR) is 77.8 cm³/mol. The number of hydrogen-bond acceptors (Lipinski definition) is 2. The molecule has 0 spiro atoms. The van der Waals surface area contributed by atoms with Crippen LogP contribution in [0.15, 0.2) is 18.2 Å². The van der Waals surface area contributed by atoms with Gasteiger partial charge in [-0.05, 0) is 56.4 Å². The molecule has 1 aromatic rings. The van der Waals surface area contributed by atoms with Gasteiger partial charge in [-0.3, -0.25) is 4.90 Å². The quantitative estimate of drug-likeness (QED) is 0.865. The summed E-state index contributed by atoms with van der Waals surface area (Å²) in [7, 11) is 0. The Kier molecular flexibility index (Phi) is 4.82. The van der Waals surface area contributed by atoms with Crippen molar-refractivity contribution in [1.82, 2.24) is 4.90 Å². The summed E-state index contributed by atoms with van der Waals surface area (Å²) >= 11 is 5.95. The molecule has 0 radical (unpaired) electrons. The lowest BCUT2D eigenvalue weighted by molar-refractivity contribution is 0.149. The smallest absolute Gasteiger partial charge is 0.125 e. The molecule has 4 heteroatoms. The second kappa shape index (κ2) is 6.21. The SMILES string of the molecule is CC(C)N(CC1CC1)C(CN)c1cc(F)cc(Cl)c1. The number of halogens is 2. The first kappa shape index (κ1) is 14.8. The van der Waals surface area contributed by atoms with E-state index in [1.54, 1.807) is 6.07 Å². The molecular formula is C15H22ClFN2. The normalized spacial score (nSPS) is 17.2. The molecule has 1 aromatic carbocycles. The van der Waals surface area contributed by atoms with Crippen molar-refractivity contribution in [2.24, 2.45) is 11.7 Å². The molecule has 19 heavy (non-hydrogen) atoms. The van der Waals surface area contributed by atoms with E-state index in [0.29, 0.717) is 17.6 Å². The van der Waals surface area contributed by atoms with E-state index in [9.17, 15) is 4.39 Å². The second-order valence-electron chi connectivity index (χ2n) is 5.69. The number of rotatable bonds is 6. The molecule has 1 atom stereocenters. The third-order valence-corrected chi connectivity index (χ3v) is 3.94. The third-order valence-electron chi connectivity index (χ3n) is 3.72. The van der Waals surface area contributed by atoms with Gasteiger partial charge in [0.1, 0.15) is 5.82 Å². The van der Waals surface area contributed by atoms with Gasteiger partial charge in [0.25, 0.3) is 0 Å². The summed E-state index contributed by atoms with van der Waals surface area (Å²) < 4.78 is 13.5. The average Bonchev–Trinajstić information content (AvgIpc) is 3.11. The van der Waals surface area contributed by atoms with Crippen molar-refractivity contribution in [1.29, 1.82) is 0 Å². The molecule has 2 N–H and O–H groups in total. The Morgan fingerprint density at radius 1 is 1.37 bits per heavy atom. The van der Waals surface area contributed by atoms with Crippen LogP contribution >= 0.6 is 11.6 Å². The van der Waals surface area contributed by atoms with E-state index in [-0.39, 0.29) is 11.9 Å². The lowest BCUT2D eigenvalue weighted by Gasteiger charge is -2.35. The first-order valence-corrected chi connectivity index (χ1v) is 7.31. The van der Waals surface area contributed by atoms with Gasteiger partial charge in [-0.1, -0.05) is 11.6 Å². The van der Waals surface area contributed by atoms with Crippen LogP contribution in [0.2, 0.25) is 5.02 Å². The first-order chi connectivity index (χ1) is 9.01. The topological polar surface area (TPSA) is 29.3 Å². The maximum atomic E-state index is 13.5. The Bertz CT molecular complexity index is 412. The van der Waals surface area contributed by atoms with Crippen LogP contribution < -0.4 is 5.73 Å². The molecule has 2 rings (SSSR count). The zero-order valence-corrected chi connectivity index (χ0v) is 12.3. The minimum absolute atomic E-state index is 0.0359. The van der Waals surface area contributed by atoms with Crippen molar-refractivity contribution in [3.63, 3.8) is 0 Å². The van der Waals surface area contributed by atoms with E-state index in [4.69, 9.17) is 17.3 Å². The summed E-state index contributed by atoms with van der Waals surface area (Å²) in [6.45, 7) is 5.83. The maximum Gasteiger partial charge on any atom is 0.125 e. The van der Waals surface area contributed by atoms with E-state index < -0.39 is 0 Å². The summed E-state index contributed by atoms with van der Waals surface area (Å²) in [6, 6.07) is 5.13. The highest BCUT2D eigenvalue weighted by molar-refractivity contribution is 6.30. The van der Waals surface area contributed by atoms with Gasteiger partial charge in [-0.15, -0.1) is 0 Å². The van der Waals surface area contributed by atoms with Crippen molar-refractivity contribution in [2.45, 2.75) is 38.8 Å². The van der Waals surface area contributed by atoms with Gasteiger partial charge in [0.2, 0.25) is 0 Å². The van der Waals surface area contributed by atoms with Crippen LogP contribution in [0.4, 0.5) is 4.39 Å². The lowest BCUT2D eigenvalue weighted by atomic mass is 10.0. The lowest BCUT2D eigenvalue weighted by Crippen LogP contribution is -2.40. The zero-order chi connectivity index (χ0) is 14.0. The molecule has 1 unspecified atom stereocenters. The van der Waals surface area contributed by atoms with Gasteiger partial charge in [-0.25, -0.2) is 4.39 Å². The van der Waals surface area contributed by atoms with Gasteiger partial charge < -0.3 is 5.73 Å². The molecule has 0 amide bonds. The molecular weight excluding hydrogens is 263 g/mol. The molecule has 0 bridgehead atoms. The Balaban J connectivity index is 2.24. The van der Waals surface area contributed by atoms with Gasteiger partial charge in [0.15, 0.2) is 0 Å². The standard InChI is InChI=1S/C15H22ClFN2/c1-10(2)19(9-11-3-4-11)15(8-18)12-5-13(16)7-14(17)6-12/h5-7,10-11,15H,3-4,8-9,18H2,1-2H3. The molecule has 2 nitrogen and oxygen atoms in total. The van der Waals surface area contributed by atoms with E-state index in [2.05, 4.69) is 18.7 Å². The largest absolute Gasteiger partial charge is 0.329 e. The van der Waals surface area contributed by atoms with Gasteiger partial charge in [0.05, 0.1) is 0 Å². The van der Waals surface area contributed by atoms with Crippen LogP contribution in [0, 0.1) is 11.7 Å². The van der Waals surface area contributed by atoms with Crippen molar-refractivity contribution in [3.05, 3.63) is 34.6 Å². The monoisotopic (exact) mass is 284 g/mol. The molecule has 0 heterocycles. The van der Waals surface area contributed by atoms with Gasteiger partial charge in [0, 0.05) is 30.2 Å². The summed E-state index contributed by atoms with van der Waals surface area (Å²) in [6.07, 6.45) is 2.59.